The number of amides is 1. The van der Waals surface area contributed by atoms with Gasteiger partial charge in [0.15, 0.2) is 5.82 Å². The number of ether oxygens (including phenoxy) is 1. The summed E-state index contributed by atoms with van der Waals surface area (Å²) in [6.45, 7) is 8.86. The monoisotopic (exact) mass is 568 g/mol. The van der Waals surface area contributed by atoms with Crippen LogP contribution in [0.3, 0.4) is 0 Å². The Balaban J connectivity index is 2.02. The molecule has 0 atom stereocenters. The molecule has 3 aromatic rings. The number of carbonyl (C=O) groups is 1. The minimum Gasteiger partial charge on any atom is -0.495 e. The second-order valence-electron chi connectivity index (χ2n) is 9.99. The molecule has 1 heterocycles. The molecule has 0 fully saturated rings. The Morgan fingerprint density at radius 1 is 1.10 bits per heavy atom. The van der Waals surface area contributed by atoms with E-state index in [-0.39, 0.29) is 22.4 Å². The average Bonchev–Trinajstić information content (AvgIpc) is 2.84. The fourth-order valence-corrected chi connectivity index (χ4v) is 4.68. The van der Waals surface area contributed by atoms with Crippen LogP contribution in [0, 0.1) is 11.8 Å². The van der Waals surface area contributed by atoms with Crippen LogP contribution >= 0.6 is 18.7 Å². The van der Waals surface area contributed by atoms with Crippen molar-refractivity contribution in [2.45, 2.75) is 26.3 Å². The summed E-state index contributed by atoms with van der Waals surface area (Å²) in [5.41, 5.74) is 1.88. The van der Waals surface area contributed by atoms with Crippen molar-refractivity contribution in [1.82, 2.24) is 14.9 Å². The van der Waals surface area contributed by atoms with Crippen molar-refractivity contribution in [2.24, 2.45) is 0 Å². The number of benzene rings is 2. The van der Waals surface area contributed by atoms with Gasteiger partial charge in [-0.3, -0.25) is 9.69 Å². The van der Waals surface area contributed by atoms with E-state index in [9.17, 15) is 9.36 Å². The van der Waals surface area contributed by atoms with E-state index in [0.29, 0.717) is 39.5 Å². The normalized spacial score (nSPS) is 11.4. The molecule has 0 spiro atoms. The number of carbonyl (C=O) groups excluding carboxylic acids is 1. The zero-order valence-corrected chi connectivity index (χ0v) is 25.1. The summed E-state index contributed by atoms with van der Waals surface area (Å²) in [6.07, 6.45) is 1.46. The number of nitrogens with zero attached hydrogens (tertiary/aromatic N) is 3. The number of halogens is 1. The Morgan fingerprint density at radius 2 is 1.79 bits per heavy atom. The van der Waals surface area contributed by atoms with Gasteiger partial charge in [-0.15, -0.1) is 0 Å². The lowest BCUT2D eigenvalue weighted by Crippen LogP contribution is -2.36. The Bertz CT molecular complexity index is 1490. The molecule has 0 saturated heterocycles. The third-order valence-electron chi connectivity index (χ3n) is 6.00. The molecular weight excluding hydrogens is 535 g/mol. The SMILES string of the molecule is COc1cc(C#CC(C)(C)N(C)C)c(NC(C)=O)cc1Nc1ncc(Cl)c(Nc2ccccc2P(C)(C)=O)n1. The zero-order chi connectivity index (χ0) is 29.0. The van der Waals surface area contributed by atoms with Crippen molar-refractivity contribution in [3.8, 4) is 17.6 Å². The highest BCUT2D eigenvalue weighted by molar-refractivity contribution is 7.70. The molecule has 0 aliphatic heterocycles. The molecule has 11 heteroatoms. The summed E-state index contributed by atoms with van der Waals surface area (Å²) in [6, 6.07) is 10.8. The second kappa shape index (κ2) is 12.1. The molecule has 1 aromatic heterocycles. The third-order valence-corrected chi connectivity index (χ3v) is 7.83. The maximum absolute atomic E-state index is 12.8. The van der Waals surface area contributed by atoms with Crippen molar-refractivity contribution in [3.05, 3.63) is 53.2 Å². The topological polar surface area (TPSA) is 108 Å². The van der Waals surface area contributed by atoms with Gasteiger partial charge in [0.05, 0.1) is 41.5 Å². The van der Waals surface area contributed by atoms with Crippen LogP contribution in [0.25, 0.3) is 0 Å². The minimum atomic E-state index is -2.56. The highest BCUT2D eigenvalue weighted by atomic mass is 35.5. The van der Waals surface area contributed by atoms with Crippen LogP contribution in [0.15, 0.2) is 42.6 Å². The molecule has 1 amide bonds. The van der Waals surface area contributed by atoms with Crippen molar-refractivity contribution in [3.63, 3.8) is 0 Å². The summed E-state index contributed by atoms with van der Waals surface area (Å²) < 4.78 is 18.4. The zero-order valence-electron chi connectivity index (χ0n) is 23.4. The maximum atomic E-state index is 12.8. The van der Waals surface area contributed by atoms with Gasteiger partial charge in [0.1, 0.15) is 17.9 Å². The first kappa shape index (κ1) is 30.0. The molecule has 206 valence electrons. The van der Waals surface area contributed by atoms with Gasteiger partial charge in [0.2, 0.25) is 11.9 Å². The summed E-state index contributed by atoms with van der Waals surface area (Å²) in [7, 11) is 2.89. The van der Waals surface area contributed by atoms with Crippen molar-refractivity contribution in [2.75, 3.05) is 50.5 Å². The molecule has 0 radical (unpaired) electrons. The number of methoxy groups -OCH3 is 1. The van der Waals surface area contributed by atoms with E-state index in [2.05, 4.69) is 37.8 Å². The maximum Gasteiger partial charge on any atom is 0.229 e. The largest absolute Gasteiger partial charge is 0.495 e. The van der Waals surface area contributed by atoms with Crippen LogP contribution in [0.2, 0.25) is 5.02 Å². The number of nitrogens with one attached hydrogen (secondary N) is 3. The fraction of sp³-hybridized carbons (Fsp3) is 0.321. The molecule has 0 aliphatic carbocycles. The van der Waals surface area contributed by atoms with E-state index in [1.165, 1.54) is 13.1 Å². The van der Waals surface area contributed by atoms with E-state index < -0.39 is 7.14 Å². The van der Waals surface area contributed by atoms with Crippen molar-refractivity contribution in [1.29, 1.82) is 0 Å². The van der Waals surface area contributed by atoms with Gasteiger partial charge in [-0.2, -0.15) is 4.98 Å². The first-order valence-electron chi connectivity index (χ1n) is 12.1. The van der Waals surface area contributed by atoms with E-state index in [0.717, 1.165) is 0 Å². The standard InChI is InChI=1S/C28H34ClN6O3P/c1-18(36)31-22-16-23(24(38-6)15-19(22)13-14-28(2,3)35(4)5)33-27-30-17-20(29)26(34-27)32-21-11-9-10-12-25(21)39(7,8)37/h9-12,15-17H,1-8H3,(H,31,36)(H2,30,32,33,34). The summed E-state index contributed by atoms with van der Waals surface area (Å²) in [5, 5.41) is 10.1. The lowest BCUT2D eigenvalue weighted by molar-refractivity contribution is -0.114. The second-order valence-corrected chi connectivity index (χ2v) is 13.6. The molecular formula is C28H34ClN6O3P. The summed E-state index contributed by atoms with van der Waals surface area (Å²) in [5.74, 6) is 7.22. The van der Waals surface area contributed by atoms with Gasteiger partial charge < -0.3 is 25.3 Å². The molecule has 2 aromatic carbocycles. The number of aromatic nitrogens is 2. The lowest BCUT2D eigenvalue weighted by atomic mass is 10.0. The lowest BCUT2D eigenvalue weighted by Gasteiger charge is -2.26. The molecule has 0 bridgehead atoms. The van der Waals surface area contributed by atoms with E-state index in [1.54, 1.807) is 32.6 Å². The summed E-state index contributed by atoms with van der Waals surface area (Å²) in [4.78, 5) is 22.8. The Labute approximate surface area is 235 Å². The number of hydrogen-bond donors (Lipinski definition) is 3. The van der Waals surface area contributed by atoms with Crippen LogP contribution < -0.4 is 26.0 Å². The number of anilines is 5. The molecule has 3 N–H and O–H groups in total. The van der Waals surface area contributed by atoms with E-state index >= 15 is 0 Å². The van der Waals surface area contributed by atoms with Crippen LogP contribution in [0.5, 0.6) is 5.75 Å². The Kier molecular flexibility index (Phi) is 9.29. The smallest absolute Gasteiger partial charge is 0.229 e. The van der Waals surface area contributed by atoms with Crippen LogP contribution in [0.4, 0.5) is 28.8 Å². The van der Waals surface area contributed by atoms with Crippen LogP contribution in [0.1, 0.15) is 26.3 Å². The third kappa shape index (κ3) is 7.73. The minimum absolute atomic E-state index is 0.232. The number of hydrogen-bond acceptors (Lipinski definition) is 8. The number of para-hydroxylation sites is 1. The van der Waals surface area contributed by atoms with E-state index in [4.69, 9.17) is 16.3 Å². The predicted molar refractivity (Wildman–Crippen MR) is 161 cm³/mol. The molecule has 39 heavy (non-hydrogen) atoms. The highest BCUT2D eigenvalue weighted by Crippen LogP contribution is 2.39. The summed E-state index contributed by atoms with van der Waals surface area (Å²) >= 11 is 6.40. The fourth-order valence-electron chi connectivity index (χ4n) is 3.39. The van der Waals surface area contributed by atoms with Gasteiger partial charge in [0, 0.05) is 18.3 Å². The Morgan fingerprint density at radius 3 is 2.41 bits per heavy atom. The Hall–Kier alpha value is -3.57. The molecule has 3 rings (SSSR count). The van der Waals surface area contributed by atoms with E-state index in [1.807, 2.05) is 57.1 Å². The van der Waals surface area contributed by atoms with Gasteiger partial charge in [-0.25, -0.2) is 4.98 Å². The predicted octanol–water partition coefficient (Wildman–Crippen LogP) is 5.52. The van der Waals surface area contributed by atoms with Gasteiger partial charge >= 0.3 is 0 Å². The molecule has 0 unspecified atom stereocenters. The first-order valence-corrected chi connectivity index (χ1v) is 15.1. The van der Waals surface area contributed by atoms with Crippen LogP contribution in [-0.2, 0) is 9.36 Å². The van der Waals surface area contributed by atoms with Crippen LogP contribution in [-0.4, -0.2) is 60.8 Å². The molecule has 9 nitrogen and oxygen atoms in total. The first-order chi connectivity index (χ1) is 18.2. The number of rotatable bonds is 8. The highest BCUT2D eigenvalue weighted by Gasteiger charge is 2.19. The van der Waals surface area contributed by atoms with Gasteiger partial charge in [0.25, 0.3) is 0 Å². The van der Waals surface area contributed by atoms with Crippen molar-refractivity contribution < 1.29 is 14.1 Å². The molecule has 0 aliphatic rings. The van der Waals surface area contributed by atoms with Crippen molar-refractivity contribution >= 4 is 58.8 Å². The average molecular weight is 569 g/mol. The van der Waals surface area contributed by atoms with Gasteiger partial charge in [-0.05, 0) is 59.5 Å². The molecule has 0 saturated carbocycles. The quantitative estimate of drug-likeness (QED) is 0.241. The van der Waals surface area contributed by atoms with Gasteiger partial charge in [-0.1, -0.05) is 35.6 Å².